The van der Waals surface area contributed by atoms with Crippen molar-refractivity contribution in [2.24, 2.45) is 23.2 Å². The summed E-state index contributed by atoms with van der Waals surface area (Å²) in [7, 11) is 0. The molecule has 0 amide bonds. The van der Waals surface area contributed by atoms with Crippen LogP contribution in [0.15, 0.2) is 11.0 Å². The van der Waals surface area contributed by atoms with Crippen LogP contribution >= 0.6 is 11.8 Å². The Hall–Kier alpha value is -0.240. The molecule has 0 spiro atoms. The maximum atomic E-state index is 11.5. The van der Waals surface area contributed by atoms with Crippen molar-refractivity contribution in [3.05, 3.63) is 11.0 Å². The first-order chi connectivity index (χ1) is 7.73. The highest BCUT2D eigenvalue weighted by Gasteiger charge is 2.52. The Kier molecular flexibility index (Phi) is 1.92. The molecule has 5 rings (SSSR count). The average molecular weight is 234 g/mol. The molecule has 4 aliphatic carbocycles. The van der Waals surface area contributed by atoms with Gasteiger partial charge < -0.3 is 0 Å². The van der Waals surface area contributed by atoms with Crippen molar-refractivity contribution >= 4 is 16.9 Å². The standard InChI is InChI=1S/C14H18OS/c15-13-4-12(8-16-13)14-5-9-1-10(6-14)3-11(2-9)7-14/h8-11H,1-7H2. The minimum atomic E-state index is 0.380. The molecule has 0 saturated heterocycles. The first-order valence-electron chi connectivity index (χ1n) is 6.62. The molecular weight excluding hydrogens is 216 g/mol. The number of thioether (sulfide) groups is 1. The van der Waals surface area contributed by atoms with Crippen LogP contribution in [0.5, 0.6) is 0 Å². The first-order valence-corrected chi connectivity index (χ1v) is 7.50. The van der Waals surface area contributed by atoms with E-state index in [0.717, 1.165) is 24.2 Å². The maximum Gasteiger partial charge on any atom is 0.197 e. The second kappa shape index (κ2) is 3.16. The van der Waals surface area contributed by atoms with Gasteiger partial charge in [0.25, 0.3) is 0 Å². The van der Waals surface area contributed by atoms with Gasteiger partial charge in [-0.05, 0) is 72.7 Å². The first kappa shape index (κ1) is 9.76. The predicted octanol–water partition coefficient (Wildman–Crippen LogP) is 3.75. The lowest BCUT2D eigenvalue weighted by Crippen LogP contribution is -2.46. The molecule has 0 aromatic rings. The monoisotopic (exact) mass is 234 g/mol. The fourth-order valence-electron chi connectivity index (χ4n) is 5.19. The van der Waals surface area contributed by atoms with Crippen molar-refractivity contribution in [3.63, 3.8) is 0 Å². The normalized spacial score (nSPS) is 49.9. The highest BCUT2D eigenvalue weighted by atomic mass is 32.2. The third-order valence-corrected chi connectivity index (χ3v) is 6.20. The van der Waals surface area contributed by atoms with Crippen LogP contribution in [0.4, 0.5) is 0 Å². The molecular formula is C14H18OS. The highest BCUT2D eigenvalue weighted by Crippen LogP contribution is 2.64. The van der Waals surface area contributed by atoms with E-state index < -0.39 is 0 Å². The number of hydrogen-bond donors (Lipinski definition) is 0. The van der Waals surface area contributed by atoms with Gasteiger partial charge in [0.05, 0.1) is 0 Å². The van der Waals surface area contributed by atoms with Crippen molar-refractivity contribution < 1.29 is 4.79 Å². The maximum absolute atomic E-state index is 11.5. The van der Waals surface area contributed by atoms with Gasteiger partial charge in [-0.2, -0.15) is 0 Å². The summed E-state index contributed by atoms with van der Waals surface area (Å²) in [5, 5.41) is 2.58. The van der Waals surface area contributed by atoms with Crippen LogP contribution < -0.4 is 0 Å². The smallest absolute Gasteiger partial charge is 0.197 e. The Morgan fingerprint density at radius 1 is 1.06 bits per heavy atom. The Labute approximate surface area is 101 Å². The van der Waals surface area contributed by atoms with Crippen LogP contribution in [0.1, 0.15) is 44.9 Å². The molecule has 1 nitrogen and oxygen atoms in total. The molecule has 86 valence electrons. The van der Waals surface area contributed by atoms with Gasteiger partial charge in [-0.3, -0.25) is 4.79 Å². The molecule has 16 heavy (non-hydrogen) atoms. The lowest BCUT2D eigenvalue weighted by atomic mass is 9.47. The molecule has 2 heteroatoms. The van der Waals surface area contributed by atoms with Gasteiger partial charge in [-0.15, -0.1) is 0 Å². The number of carbonyl (C=O) groups excluding carboxylic acids is 1. The molecule has 0 N–H and O–H groups in total. The zero-order valence-corrected chi connectivity index (χ0v) is 10.4. The molecule has 0 aromatic carbocycles. The molecule has 4 fully saturated rings. The van der Waals surface area contributed by atoms with E-state index in [1.54, 1.807) is 0 Å². The zero-order valence-electron chi connectivity index (χ0n) is 9.58. The lowest BCUT2D eigenvalue weighted by molar-refractivity contribution is -0.110. The van der Waals surface area contributed by atoms with E-state index in [1.165, 1.54) is 55.9 Å². The van der Waals surface area contributed by atoms with E-state index in [1.807, 2.05) is 0 Å². The quantitative estimate of drug-likeness (QED) is 0.687. The van der Waals surface area contributed by atoms with Crippen LogP contribution in [0.2, 0.25) is 0 Å². The van der Waals surface area contributed by atoms with Gasteiger partial charge in [-0.25, -0.2) is 0 Å². The highest BCUT2D eigenvalue weighted by molar-refractivity contribution is 8.16. The van der Waals surface area contributed by atoms with Gasteiger partial charge in [0, 0.05) is 6.42 Å². The van der Waals surface area contributed by atoms with Crippen molar-refractivity contribution in [2.45, 2.75) is 44.9 Å². The Morgan fingerprint density at radius 2 is 1.62 bits per heavy atom. The molecule has 0 atom stereocenters. The molecule has 0 unspecified atom stereocenters. The third-order valence-electron chi connectivity index (χ3n) is 5.39. The molecule has 4 bridgehead atoms. The zero-order chi connectivity index (χ0) is 10.8. The molecule has 4 saturated carbocycles. The van der Waals surface area contributed by atoms with E-state index in [0.29, 0.717) is 10.5 Å². The van der Waals surface area contributed by atoms with Crippen LogP contribution in [-0.4, -0.2) is 5.12 Å². The van der Waals surface area contributed by atoms with E-state index >= 15 is 0 Å². The van der Waals surface area contributed by atoms with Gasteiger partial charge in [0.2, 0.25) is 0 Å². The lowest BCUT2D eigenvalue weighted by Gasteiger charge is -2.57. The Balaban J connectivity index is 1.69. The van der Waals surface area contributed by atoms with Crippen LogP contribution in [0, 0.1) is 23.2 Å². The Morgan fingerprint density at radius 3 is 2.06 bits per heavy atom. The summed E-state index contributed by atoms with van der Waals surface area (Å²) in [6.07, 6.45) is 9.45. The summed E-state index contributed by atoms with van der Waals surface area (Å²) >= 11 is 1.45. The molecule has 0 aromatic heterocycles. The minimum absolute atomic E-state index is 0.380. The summed E-state index contributed by atoms with van der Waals surface area (Å²) in [5.74, 6) is 2.98. The molecule has 1 aliphatic heterocycles. The Bertz CT molecular complexity index is 347. The van der Waals surface area contributed by atoms with E-state index in [4.69, 9.17) is 0 Å². The molecule has 0 radical (unpaired) electrons. The van der Waals surface area contributed by atoms with Crippen molar-refractivity contribution in [1.29, 1.82) is 0 Å². The van der Waals surface area contributed by atoms with Gasteiger partial charge in [0.15, 0.2) is 5.12 Å². The summed E-state index contributed by atoms with van der Waals surface area (Å²) in [6, 6.07) is 0. The largest absolute Gasteiger partial charge is 0.287 e. The fraction of sp³-hybridized carbons (Fsp3) is 0.786. The number of rotatable bonds is 1. The number of carbonyl (C=O) groups is 1. The van der Waals surface area contributed by atoms with Crippen molar-refractivity contribution in [2.75, 3.05) is 0 Å². The summed E-state index contributed by atoms with van der Waals surface area (Å²) in [5.41, 5.74) is 2.00. The van der Waals surface area contributed by atoms with Crippen LogP contribution in [0.3, 0.4) is 0 Å². The molecule has 1 heterocycles. The van der Waals surface area contributed by atoms with Gasteiger partial charge in [-0.1, -0.05) is 11.8 Å². The van der Waals surface area contributed by atoms with Gasteiger partial charge >= 0.3 is 0 Å². The summed E-state index contributed by atoms with van der Waals surface area (Å²) < 4.78 is 0. The van der Waals surface area contributed by atoms with Crippen molar-refractivity contribution in [3.8, 4) is 0 Å². The number of allylic oxidation sites excluding steroid dienone is 1. The SMILES string of the molecule is O=C1CC(C23CC4CC(CC(C4)C2)C3)=CS1. The summed E-state index contributed by atoms with van der Waals surface area (Å²) in [6.45, 7) is 0. The number of hydrogen-bond acceptors (Lipinski definition) is 2. The minimum Gasteiger partial charge on any atom is -0.287 e. The van der Waals surface area contributed by atoms with Crippen LogP contribution in [0.25, 0.3) is 0 Å². The van der Waals surface area contributed by atoms with E-state index in [9.17, 15) is 4.79 Å². The average Bonchev–Trinajstić information content (AvgIpc) is 2.63. The van der Waals surface area contributed by atoms with Gasteiger partial charge in [0.1, 0.15) is 0 Å². The predicted molar refractivity (Wildman–Crippen MR) is 65.9 cm³/mol. The van der Waals surface area contributed by atoms with E-state index in [-0.39, 0.29) is 0 Å². The second-order valence-corrected chi connectivity index (χ2v) is 7.43. The second-order valence-electron chi connectivity index (χ2n) is 6.51. The third kappa shape index (κ3) is 1.28. The topological polar surface area (TPSA) is 17.1 Å². The van der Waals surface area contributed by atoms with E-state index in [2.05, 4.69) is 5.41 Å². The fourth-order valence-corrected chi connectivity index (χ4v) is 6.04. The summed E-state index contributed by atoms with van der Waals surface area (Å²) in [4.78, 5) is 11.5. The van der Waals surface area contributed by atoms with Crippen LogP contribution in [-0.2, 0) is 4.79 Å². The van der Waals surface area contributed by atoms with Crippen molar-refractivity contribution in [1.82, 2.24) is 0 Å². The molecule has 5 aliphatic rings.